The molecule has 1 unspecified atom stereocenters. The van der Waals surface area contributed by atoms with Crippen LogP contribution in [0, 0.1) is 0 Å². The maximum atomic E-state index is 9.13. The summed E-state index contributed by atoms with van der Waals surface area (Å²) in [6.45, 7) is 5.54. The summed E-state index contributed by atoms with van der Waals surface area (Å²) in [4.78, 5) is 0. The minimum Gasteiger partial charge on any atom is -0.392 e. The molecule has 0 rings (SSSR count). The molecule has 1 atom stereocenters. The molecule has 0 aromatic rings. The van der Waals surface area contributed by atoms with Crippen molar-refractivity contribution in [1.29, 1.82) is 0 Å². The van der Waals surface area contributed by atoms with Gasteiger partial charge in [-0.3, -0.25) is 0 Å². The van der Waals surface area contributed by atoms with Crippen molar-refractivity contribution in [2.75, 3.05) is 26.9 Å². The Labute approximate surface area is 86.4 Å². The van der Waals surface area contributed by atoms with Gasteiger partial charge in [0.05, 0.1) is 11.7 Å². The van der Waals surface area contributed by atoms with Gasteiger partial charge in [0, 0.05) is 26.9 Å². The van der Waals surface area contributed by atoms with Gasteiger partial charge in [-0.25, -0.2) is 0 Å². The van der Waals surface area contributed by atoms with E-state index in [1.165, 1.54) is 0 Å². The smallest absolute Gasteiger partial charge is 0.0684 e. The molecule has 0 aromatic heterocycles. The lowest BCUT2D eigenvalue weighted by atomic mass is 10.1. The molecule has 0 fully saturated rings. The van der Waals surface area contributed by atoms with Crippen LogP contribution in [0.25, 0.3) is 0 Å². The number of nitrogens with two attached hydrogens (primary N) is 1. The summed E-state index contributed by atoms with van der Waals surface area (Å²) in [5.41, 5.74) is 5.12. The molecule has 0 heterocycles. The van der Waals surface area contributed by atoms with Crippen molar-refractivity contribution in [2.24, 2.45) is 5.73 Å². The van der Waals surface area contributed by atoms with Gasteiger partial charge in [-0.2, -0.15) is 0 Å². The molecule has 0 aliphatic carbocycles. The topological polar surface area (TPSA) is 64.7 Å². The third-order valence-electron chi connectivity index (χ3n) is 2.27. The predicted molar refractivity (Wildman–Crippen MR) is 56.2 cm³/mol. The molecule has 0 aliphatic rings. The van der Waals surface area contributed by atoms with Crippen molar-refractivity contribution in [3.8, 4) is 0 Å². The van der Waals surface area contributed by atoms with E-state index in [0.29, 0.717) is 26.2 Å². The van der Waals surface area contributed by atoms with Gasteiger partial charge in [0.1, 0.15) is 0 Å². The first-order valence-corrected chi connectivity index (χ1v) is 5.03. The van der Waals surface area contributed by atoms with Crippen LogP contribution < -0.4 is 5.73 Å². The first-order chi connectivity index (χ1) is 6.52. The Morgan fingerprint density at radius 3 is 2.50 bits per heavy atom. The number of aliphatic hydroxyl groups excluding tert-OH is 1. The Morgan fingerprint density at radius 1 is 1.36 bits per heavy atom. The standard InChI is InChI=1S/C10H23NO3/c1-10(2,13-3)5-7-14-6-4-9(12)8-11/h9,12H,4-8,11H2,1-3H3. The Hall–Kier alpha value is -0.160. The summed E-state index contributed by atoms with van der Waals surface area (Å²) in [5.74, 6) is 0. The van der Waals surface area contributed by atoms with E-state index in [1.807, 2.05) is 13.8 Å². The Kier molecular flexibility index (Phi) is 7.09. The molecule has 0 aromatic carbocycles. The fourth-order valence-electron chi connectivity index (χ4n) is 0.859. The fraction of sp³-hybridized carbons (Fsp3) is 1.00. The van der Waals surface area contributed by atoms with E-state index in [-0.39, 0.29) is 5.60 Å². The van der Waals surface area contributed by atoms with E-state index in [1.54, 1.807) is 7.11 Å². The predicted octanol–water partition coefficient (Wildman–Crippen LogP) is 0.528. The van der Waals surface area contributed by atoms with Gasteiger partial charge >= 0.3 is 0 Å². The average molecular weight is 205 g/mol. The molecule has 14 heavy (non-hydrogen) atoms. The quantitative estimate of drug-likeness (QED) is 0.567. The highest BCUT2D eigenvalue weighted by atomic mass is 16.5. The van der Waals surface area contributed by atoms with Gasteiger partial charge in [0.15, 0.2) is 0 Å². The van der Waals surface area contributed by atoms with Crippen molar-refractivity contribution in [3.63, 3.8) is 0 Å². The van der Waals surface area contributed by atoms with Crippen LogP contribution in [0.3, 0.4) is 0 Å². The zero-order valence-corrected chi connectivity index (χ0v) is 9.45. The van der Waals surface area contributed by atoms with Crippen LogP contribution in [-0.2, 0) is 9.47 Å². The molecule has 4 heteroatoms. The summed E-state index contributed by atoms with van der Waals surface area (Å²) < 4.78 is 10.6. The SMILES string of the molecule is COC(C)(C)CCOCCC(O)CN. The zero-order chi connectivity index (χ0) is 11.0. The molecule has 4 nitrogen and oxygen atoms in total. The highest BCUT2D eigenvalue weighted by Gasteiger charge is 2.15. The minimum atomic E-state index is -0.439. The molecule has 0 saturated carbocycles. The molecule has 3 N–H and O–H groups in total. The second-order valence-corrected chi connectivity index (χ2v) is 4.00. The maximum absolute atomic E-state index is 9.13. The summed E-state index contributed by atoms with van der Waals surface area (Å²) in [6, 6.07) is 0. The average Bonchev–Trinajstić information content (AvgIpc) is 2.17. The molecule has 0 bridgehead atoms. The van der Waals surface area contributed by atoms with Crippen LogP contribution in [-0.4, -0.2) is 43.7 Å². The highest BCUT2D eigenvalue weighted by molar-refractivity contribution is 4.66. The second-order valence-electron chi connectivity index (χ2n) is 4.00. The van der Waals surface area contributed by atoms with E-state index in [9.17, 15) is 0 Å². The van der Waals surface area contributed by atoms with Gasteiger partial charge in [-0.15, -0.1) is 0 Å². The molecule has 0 saturated heterocycles. The van der Waals surface area contributed by atoms with Gasteiger partial charge in [-0.1, -0.05) is 0 Å². The van der Waals surface area contributed by atoms with Gasteiger partial charge < -0.3 is 20.3 Å². The molecular formula is C10H23NO3. The van der Waals surface area contributed by atoms with Gasteiger partial charge in [0.25, 0.3) is 0 Å². The lowest BCUT2D eigenvalue weighted by Gasteiger charge is -2.22. The zero-order valence-electron chi connectivity index (χ0n) is 9.45. The second kappa shape index (κ2) is 7.17. The fourth-order valence-corrected chi connectivity index (χ4v) is 0.859. The molecule has 0 amide bonds. The summed E-state index contributed by atoms with van der Waals surface area (Å²) in [5, 5.41) is 9.13. The van der Waals surface area contributed by atoms with Crippen LogP contribution in [0.15, 0.2) is 0 Å². The first kappa shape index (κ1) is 13.8. The third kappa shape index (κ3) is 7.26. The van der Waals surface area contributed by atoms with Crippen LogP contribution in [0.5, 0.6) is 0 Å². The lowest BCUT2D eigenvalue weighted by Crippen LogP contribution is -2.25. The lowest BCUT2D eigenvalue weighted by molar-refractivity contribution is -0.0130. The van der Waals surface area contributed by atoms with E-state index in [0.717, 1.165) is 6.42 Å². The van der Waals surface area contributed by atoms with E-state index < -0.39 is 6.10 Å². The number of hydrogen-bond acceptors (Lipinski definition) is 4. The maximum Gasteiger partial charge on any atom is 0.0684 e. The number of hydrogen-bond donors (Lipinski definition) is 2. The monoisotopic (exact) mass is 205 g/mol. The van der Waals surface area contributed by atoms with E-state index in [2.05, 4.69) is 0 Å². The Morgan fingerprint density at radius 2 is 2.00 bits per heavy atom. The van der Waals surface area contributed by atoms with Crippen molar-refractivity contribution in [1.82, 2.24) is 0 Å². The summed E-state index contributed by atoms with van der Waals surface area (Å²) in [7, 11) is 1.69. The molecule has 0 aliphatic heterocycles. The highest BCUT2D eigenvalue weighted by Crippen LogP contribution is 2.12. The van der Waals surface area contributed by atoms with E-state index in [4.69, 9.17) is 20.3 Å². The van der Waals surface area contributed by atoms with Crippen LogP contribution >= 0.6 is 0 Å². The van der Waals surface area contributed by atoms with E-state index >= 15 is 0 Å². The van der Waals surface area contributed by atoms with Crippen molar-refractivity contribution < 1.29 is 14.6 Å². The van der Waals surface area contributed by atoms with Crippen LogP contribution in [0.4, 0.5) is 0 Å². The van der Waals surface area contributed by atoms with Crippen LogP contribution in [0.1, 0.15) is 26.7 Å². The Balaban J connectivity index is 3.30. The minimum absolute atomic E-state index is 0.132. The first-order valence-electron chi connectivity index (χ1n) is 5.03. The van der Waals surface area contributed by atoms with Crippen LogP contribution in [0.2, 0.25) is 0 Å². The molecular weight excluding hydrogens is 182 g/mol. The molecule has 0 radical (unpaired) electrons. The number of ether oxygens (including phenoxy) is 2. The van der Waals surface area contributed by atoms with Crippen molar-refractivity contribution in [2.45, 2.75) is 38.4 Å². The van der Waals surface area contributed by atoms with Crippen molar-refractivity contribution >= 4 is 0 Å². The normalized spacial score (nSPS) is 14.4. The van der Waals surface area contributed by atoms with Gasteiger partial charge in [-0.05, 0) is 26.7 Å². The summed E-state index contributed by atoms with van der Waals surface area (Å²) in [6.07, 6.45) is 1.01. The Bertz CT molecular complexity index is 139. The molecule has 0 spiro atoms. The number of rotatable bonds is 8. The number of methoxy groups -OCH3 is 1. The third-order valence-corrected chi connectivity index (χ3v) is 2.27. The summed E-state index contributed by atoms with van der Waals surface area (Å²) >= 11 is 0. The van der Waals surface area contributed by atoms with Gasteiger partial charge in [0.2, 0.25) is 0 Å². The molecule has 86 valence electrons. The largest absolute Gasteiger partial charge is 0.392 e. The van der Waals surface area contributed by atoms with Crippen molar-refractivity contribution in [3.05, 3.63) is 0 Å². The number of aliphatic hydroxyl groups is 1.